The molecule has 3 aromatic rings. The number of hydrogen-bond donors (Lipinski definition) is 1. The van der Waals surface area contributed by atoms with Crippen LogP contribution in [0.25, 0.3) is 10.9 Å². The first kappa shape index (κ1) is 15.3. The van der Waals surface area contributed by atoms with Crippen molar-refractivity contribution < 1.29 is 14.0 Å². The second kappa shape index (κ2) is 5.98. The Morgan fingerprint density at radius 1 is 1.16 bits per heavy atom. The van der Waals surface area contributed by atoms with Gasteiger partial charge in [0, 0.05) is 24.5 Å². The second-order valence-electron chi connectivity index (χ2n) is 5.83. The Morgan fingerprint density at radius 3 is 2.88 bits per heavy atom. The Balaban J connectivity index is 1.76. The highest BCUT2D eigenvalue weighted by molar-refractivity contribution is 6.11. The number of halogens is 1. The summed E-state index contributed by atoms with van der Waals surface area (Å²) in [6.45, 7) is 0.267. The maximum Gasteiger partial charge on any atom is 0.259 e. The summed E-state index contributed by atoms with van der Waals surface area (Å²) >= 11 is 0. The zero-order chi connectivity index (χ0) is 17.4. The van der Waals surface area contributed by atoms with Crippen molar-refractivity contribution in [1.82, 2.24) is 4.98 Å². The van der Waals surface area contributed by atoms with Crippen molar-refractivity contribution in [2.45, 2.75) is 6.42 Å². The highest BCUT2D eigenvalue weighted by atomic mass is 19.1. The van der Waals surface area contributed by atoms with Crippen molar-refractivity contribution in [2.75, 3.05) is 16.8 Å². The van der Waals surface area contributed by atoms with Gasteiger partial charge in [0.1, 0.15) is 5.82 Å². The minimum atomic E-state index is -0.381. The fourth-order valence-electron chi connectivity index (χ4n) is 2.95. The molecule has 2 amide bonds. The van der Waals surface area contributed by atoms with Gasteiger partial charge in [0.2, 0.25) is 5.91 Å². The number of pyridine rings is 1. The summed E-state index contributed by atoms with van der Waals surface area (Å²) in [7, 11) is 0. The summed E-state index contributed by atoms with van der Waals surface area (Å²) in [4.78, 5) is 30.7. The monoisotopic (exact) mass is 335 g/mol. The molecule has 0 saturated carbocycles. The van der Waals surface area contributed by atoms with Crippen molar-refractivity contribution in [3.05, 3.63) is 66.1 Å². The van der Waals surface area contributed by atoms with Crippen molar-refractivity contribution in [3.63, 3.8) is 0 Å². The number of aromatic nitrogens is 1. The second-order valence-corrected chi connectivity index (χ2v) is 5.83. The standard InChI is InChI=1S/C19H14FN3O2/c20-14-5-6-15-12(10-14)9-13(11-21-15)19(25)23-8-7-18(24)22-16-3-1-2-4-17(16)23/h1-6,9-11H,7-8H2,(H,22,24). The van der Waals surface area contributed by atoms with Crippen molar-refractivity contribution in [3.8, 4) is 0 Å². The summed E-state index contributed by atoms with van der Waals surface area (Å²) in [6, 6.07) is 13.0. The first-order valence-electron chi connectivity index (χ1n) is 7.88. The molecule has 0 fully saturated rings. The van der Waals surface area contributed by atoms with E-state index in [0.29, 0.717) is 27.8 Å². The third-order valence-corrected chi connectivity index (χ3v) is 4.17. The number of hydrogen-bond acceptors (Lipinski definition) is 3. The molecule has 2 aromatic carbocycles. The van der Waals surface area contributed by atoms with Gasteiger partial charge in [0.25, 0.3) is 5.91 Å². The summed E-state index contributed by atoms with van der Waals surface area (Å²) < 4.78 is 13.4. The Morgan fingerprint density at radius 2 is 2.00 bits per heavy atom. The number of rotatable bonds is 1. The molecule has 0 atom stereocenters. The predicted molar refractivity (Wildman–Crippen MR) is 93.1 cm³/mol. The molecule has 0 bridgehead atoms. The molecule has 0 radical (unpaired) electrons. The zero-order valence-electron chi connectivity index (χ0n) is 13.2. The lowest BCUT2D eigenvalue weighted by molar-refractivity contribution is -0.115. The molecule has 0 spiro atoms. The molecule has 1 aliphatic rings. The van der Waals surface area contributed by atoms with Crippen LogP contribution in [-0.2, 0) is 4.79 Å². The summed E-state index contributed by atoms with van der Waals surface area (Å²) in [5, 5.41) is 3.36. The molecule has 5 nitrogen and oxygen atoms in total. The maximum atomic E-state index is 13.4. The van der Waals surface area contributed by atoms with Crippen LogP contribution in [0.15, 0.2) is 54.7 Å². The van der Waals surface area contributed by atoms with Gasteiger partial charge in [-0.15, -0.1) is 0 Å². The molecular formula is C19H14FN3O2. The minimum Gasteiger partial charge on any atom is -0.324 e. The molecule has 6 heteroatoms. The van der Waals surface area contributed by atoms with Crippen LogP contribution in [-0.4, -0.2) is 23.3 Å². The molecule has 0 saturated heterocycles. The van der Waals surface area contributed by atoms with Gasteiger partial charge < -0.3 is 10.2 Å². The molecule has 0 unspecified atom stereocenters. The molecule has 0 aliphatic carbocycles. The van der Waals surface area contributed by atoms with E-state index in [2.05, 4.69) is 10.3 Å². The van der Waals surface area contributed by atoms with Gasteiger partial charge in [-0.2, -0.15) is 0 Å². The molecule has 1 aliphatic heterocycles. The predicted octanol–water partition coefficient (Wildman–Crippen LogP) is 3.36. The van der Waals surface area contributed by atoms with E-state index in [9.17, 15) is 14.0 Å². The zero-order valence-corrected chi connectivity index (χ0v) is 13.2. The topological polar surface area (TPSA) is 62.3 Å². The number of carbonyl (C=O) groups excluding carboxylic acids is 2. The first-order valence-corrected chi connectivity index (χ1v) is 7.88. The lowest BCUT2D eigenvalue weighted by atomic mass is 10.1. The molecule has 124 valence electrons. The number of fused-ring (bicyclic) bond motifs is 2. The highest BCUT2D eigenvalue weighted by Crippen LogP contribution is 2.30. The first-order chi connectivity index (χ1) is 12.1. The number of benzene rings is 2. The fourth-order valence-corrected chi connectivity index (χ4v) is 2.95. The molecule has 2 heterocycles. The number of carbonyl (C=O) groups is 2. The number of para-hydroxylation sites is 2. The Kier molecular flexibility index (Phi) is 3.65. The van der Waals surface area contributed by atoms with E-state index in [4.69, 9.17) is 0 Å². The van der Waals surface area contributed by atoms with Gasteiger partial charge in [0.15, 0.2) is 0 Å². The van der Waals surface area contributed by atoms with Gasteiger partial charge in [-0.25, -0.2) is 4.39 Å². The van der Waals surface area contributed by atoms with Gasteiger partial charge in [-0.3, -0.25) is 14.6 Å². The minimum absolute atomic E-state index is 0.138. The number of nitrogens with one attached hydrogen (secondary N) is 1. The third-order valence-electron chi connectivity index (χ3n) is 4.17. The molecular weight excluding hydrogens is 321 g/mol. The van der Waals surface area contributed by atoms with E-state index in [1.165, 1.54) is 18.3 Å². The van der Waals surface area contributed by atoms with E-state index >= 15 is 0 Å². The fraction of sp³-hybridized carbons (Fsp3) is 0.105. The number of nitrogens with zero attached hydrogens (tertiary/aromatic N) is 2. The Bertz CT molecular complexity index is 1000. The highest BCUT2D eigenvalue weighted by Gasteiger charge is 2.25. The molecule has 1 N–H and O–H groups in total. The smallest absolute Gasteiger partial charge is 0.259 e. The molecule has 1 aromatic heterocycles. The molecule has 4 rings (SSSR count). The van der Waals surface area contributed by atoms with Crippen LogP contribution < -0.4 is 10.2 Å². The van der Waals surface area contributed by atoms with Crippen LogP contribution >= 0.6 is 0 Å². The van der Waals surface area contributed by atoms with Gasteiger partial charge in [0.05, 0.1) is 22.5 Å². The average molecular weight is 335 g/mol. The van der Waals surface area contributed by atoms with Gasteiger partial charge >= 0.3 is 0 Å². The maximum absolute atomic E-state index is 13.4. The average Bonchev–Trinajstić information content (AvgIpc) is 2.78. The quantitative estimate of drug-likeness (QED) is 0.742. The van der Waals surface area contributed by atoms with Crippen LogP contribution in [0.3, 0.4) is 0 Å². The largest absolute Gasteiger partial charge is 0.324 e. The SMILES string of the molecule is O=C1CCN(C(=O)c2cnc3ccc(F)cc3c2)c2ccccc2N1. The van der Waals surface area contributed by atoms with E-state index in [1.807, 2.05) is 6.07 Å². The van der Waals surface area contributed by atoms with Crippen molar-refractivity contribution in [1.29, 1.82) is 0 Å². The van der Waals surface area contributed by atoms with Crippen LogP contribution in [0.5, 0.6) is 0 Å². The molecule has 25 heavy (non-hydrogen) atoms. The number of amides is 2. The summed E-state index contributed by atoms with van der Waals surface area (Å²) in [6.07, 6.45) is 1.68. The third kappa shape index (κ3) is 2.82. The normalized spacial score (nSPS) is 14.0. The van der Waals surface area contributed by atoms with E-state index < -0.39 is 0 Å². The van der Waals surface area contributed by atoms with Crippen molar-refractivity contribution >= 4 is 34.1 Å². The van der Waals surface area contributed by atoms with Crippen LogP contribution in [0.2, 0.25) is 0 Å². The summed E-state index contributed by atoms with van der Waals surface area (Å²) in [5.41, 5.74) is 2.20. The number of anilines is 2. The van der Waals surface area contributed by atoms with Gasteiger partial charge in [-0.1, -0.05) is 12.1 Å². The van der Waals surface area contributed by atoms with E-state index in [0.717, 1.165) is 0 Å². The summed E-state index contributed by atoms with van der Waals surface area (Å²) in [5.74, 6) is -0.794. The van der Waals surface area contributed by atoms with Crippen LogP contribution in [0.4, 0.5) is 15.8 Å². The van der Waals surface area contributed by atoms with Crippen molar-refractivity contribution in [2.24, 2.45) is 0 Å². The Labute approximate surface area is 143 Å². The van der Waals surface area contributed by atoms with E-state index in [1.54, 1.807) is 35.2 Å². The van der Waals surface area contributed by atoms with E-state index in [-0.39, 0.29) is 30.6 Å². The Hall–Kier alpha value is -3.28. The van der Waals surface area contributed by atoms with Crippen LogP contribution in [0.1, 0.15) is 16.8 Å². The van der Waals surface area contributed by atoms with Crippen LogP contribution in [0, 0.1) is 5.82 Å². The lowest BCUT2D eigenvalue weighted by Gasteiger charge is -2.22. The van der Waals surface area contributed by atoms with Gasteiger partial charge in [-0.05, 0) is 36.4 Å². The lowest BCUT2D eigenvalue weighted by Crippen LogP contribution is -2.32.